The van der Waals surface area contributed by atoms with Crippen LogP contribution in [0.25, 0.3) is 5.70 Å². The molecular formula is C30H48N4O3. The molecule has 7 nitrogen and oxygen atoms in total. The molecule has 0 spiro atoms. The van der Waals surface area contributed by atoms with E-state index in [0.29, 0.717) is 17.5 Å². The summed E-state index contributed by atoms with van der Waals surface area (Å²) in [6.07, 6.45) is 13.1. The number of benzene rings is 1. The maximum absolute atomic E-state index is 11.8. The van der Waals surface area contributed by atoms with E-state index >= 15 is 0 Å². The number of rotatable bonds is 12. The number of nitrogens with zero attached hydrogens (tertiary/aromatic N) is 1. The molecule has 1 aromatic rings. The van der Waals surface area contributed by atoms with Gasteiger partial charge in [-0.25, -0.2) is 0 Å². The fourth-order valence-corrected chi connectivity index (χ4v) is 6.68. The van der Waals surface area contributed by atoms with Crippen LogP contribution in [0.4, 0.5) is 5.69 Å². The molecule has 2 saturated carbocycles. The van der Waals surface area contributed by atoms with Gasteiger partial charge < -0.3 is 20.6 Å². The molecule has 1 atom stereocenters. The van der Waals surface area contributed by atoms with Crippen molar-refractivity contribution in [2.24, 2.45) is 23.7 Å². The molecular weight excluding hydrogens is 464 g/mol. The highest BCUT2D eigenvalue weighted by Gasteiger charge is 2.30. The van der Waals surface area contributed by atoms with Crippen LogP contribution in [0.3, 0.4) is 0 Å². The second-order valence-corrected chi connectivity index (χ2v) is 11.7. The van der Waals surface area contributed by atoms with Crippen molar-refractivity contribution < 1.29 is 15.1 Å². The van der Waals surface area contributed by atoms with Crippen LogP contribution in [-0.2, 0) is 4.79 Å². The molecule has 0 radical (unpaired) electrons. The van der Waals surface area contributed by atoms with E-state index in [9.17, 15) is 9.90 Å². The lowest BCUT2D eigenvalue weighted by Gasteiger charge is -2.35. The maximum Gasteiger partial charge on any atom is 0.320 e. The number of hydroxylamine groups is 1. The van der Waals surface area contributed by atoms with Crippen LogP contribution in [0.1, 0.15) is 76.2 Å². The van der Waals surface area contributed by atoms with E-state index in [-0.39, 0.29) is 6.04 Å². The topological polar surface area (TPSA) is 96.9 Å². The van der Waals surface area contributed by atoms with Crippen LogP contribution in [0.5, 0.6) is 0 Å². The predicted octanol–water partition coefficient (Wildman–Crippen LogP) is 4.87. The van der Waals surface area contributed by atoms with Gasteiger partial charge in [0.1, 0.15) is 6.04 Å². The SMILES string of the molecule is C=C(NO)c1ccc(N2CCC(CNCC3CCC(CN[C@H](C(=O)O)C4CCCCC4)CC3)CC2)cc1. The minimum atomic E-state index is -0.657. The number of hydrogen-bond acceptors (Lipinski definition) is 6. The summed E-state index contributed by atoms with van der Waals surface area (Å²) in [7, 11) is 0. The molecule has 0 unspecified atom stereocenters. The van der Waals surface area contributed by atoms with Gasteiger partial charge >= 0.3 is 5.97 Å². The Hall–Kier alpha value is -2.09. The summed E-state index contributed by atoms with van der Waals surface area (Å²) in [5.41, 5.74) is 4.77. The highest BCUT2D eigenvalue weighted by atomic mass is 16.5. The molecule has 1 heterocycles. The zero-order valence-corrected chi connectivity index (χ0v) is 22.5. The van der Waals surface area contributed by atoms with Crippen molar-refractivity contribution in [1.29, 1.82) is 0 Å². The molecule has 0 aromatic heterocycles. The number of carboxylic acids is 1. The third-order valence-electron chi connectivity index (χ3n) is 9.18. The monoisotopic (exact) mass is 512 g/mol. The molecule has 5 N–H and O–H groups in total. The first kappa shape index (κ1) is 27.9. The van der Waals surface area contributed by atoms with Crippen molar-refractivity contribution in [2.75, 3.05) is 37.6 Å². The van der Waals surface area contributed by atoms with Crippen molar-refractivity contribution in [3.63, 3.8) is 0 Å². The quantitative estimate of drug-likeness (QED) is 0.255. The Morgan fingerprint density at radius 2 is 1.43 bits per heavy atom. The zero-order valence-electron chi connectivity index (χ0n) is 22.5. The maximum atomic E-state index is 11.8. The molecule has 0 amide bonds. The van der Waals surface area contributed by atoms with E-state index in [1.54, 1.807) is 0 Å². The Bertz CT molecular complexity index is 839. The molecule has 1 saturated heterocycles. The first-order chi connectivity index (χ1) is 18.0. The smallest absolute Gasteiger partial charge is 0.320 e. The van der Waals surface area contributed by atoms with E-state index in [4.69, 9.17) is 5.21 Å². The standard InChI is InChI=1S/C30H48N4O3/c1-22(33-37)26-11-13-28(14-12-26)34-17-15-25(16-18-34)20-31-19-23-7-9-24(10-8-23)21-32-29(30(35)36)27-5-3-2-4-6-27/h11-14,23-25,27,29,31-33,37H,1-10,15-21H2,(H,35,36)/t23?,24?,29-/m0/s1. The highest BCUT2D eigenvalue weighted by Crippen LogP contribution is 2.30. The second kappa shape index (κ2) is 14.2. The molecule has 4 rings (SSSR count). The minimum Gasteiger partial charge on any atom is -0.480 e. The summed E-state index contributed by atoms with van der Waals surface area (Å²) >= 11 is 0. The number of aliphatic carboxylic acids is 1. The van der Waals surface area contributed by atoms with Crippen molar-refractivity contribution in [2.45, 2.75) is 76.7 Å². The van der Waals surface area contributed by atoms with E-state index in [1.165, 1.54) is 63.5 Å². The van der Waals surface area contributed by atoms with Gasteiger partial charge in [0, 0.05) is 18.8 Å². The number of carbonyl (C=O) groups is 1. The Balaban J connectivity index is 1.08. The minimum absolute atomic E-state index is 0.314. The lowest BCUT2D eigenvalue weighted by atomic mass is 9.80. The molecule has 3 fully saturated rings. The van der Waals surface area contributed by atoms with Crippen molar-refractivity contribution in [1.82, 2.24) is 16.1 Å². The molecule has 0 bridgehead atoms. The van der Waals surface area contributed by atoms with Gasteiger partial charge in [-0.3, -0.25) is 15.5 Å². The third-order valence-corrected chi connectivity index (χ3v) is 9.18. The lowest BCUT2D eigenvalue weighted by Crippen LogP contribution is -2.46. The van der Waals surface area contributed by atoms with Gasteiger partial charge in [0.05, 0.1) is 5.70 Å². The molecule has 1 aliphatic heterocycles. The van der Waals surface area contributed by atoms with Gasteiger partial charge in [-0.15, -0.1) is 0 Å². The van der Waals surface area contributed by atoms with E-state index in [2.05, 4.69) is 39.7 Å². The normalized spacial score (nSPS) is 24.5. The summed E-state index contributed by atoms with van der Waals surface area (Å²) in [4.78, 5) is 14.3. The summed E-state index contributed by atoms with van der Waals surface area (Å²) in [6.45, 7) is 9.05. The van der Waals surface area contributed by atoms with Crippen molar-refractivity contribution >= 4 is 17.4 Å². The number of piperidine rings is 1. The van der Waals surface area contributed by atoms with Gasteiger partial charge in [0.15, 0.2) is 0 Å². The van der Waals surface area contributed by atoms with Crippen LogP contribution in [0.2, 0.25) is 0 Å². The number of anilines is 1. The molecule has 7 heteroatoms. The Kier molecular flexibility index (Phi) is 10.7. The van der Waals surface area contributed by atoms with Gasteiger partial charge in [-0.2, -0.15) is 0 Å². The summed E-state index contributed by atoms with van der Waals surface area (Å²) in [6, 6.07) is 7.87. The predicted molar refractivity (Wildman–Crippen MR) is 150 cm³/mol. The number of nitrogens with one attached hydrogen (secondary N) is 3. The van der Waals surface area contributed by atoms with Crippen LogP contribution in [0.15, 0.2) is 30.8 Å². The van der Waals surface area contributed by atoms with Crippen LogP contribution in [-0.4, -0.2) is 55.0 Å². The van der Waals surface area contributed by atoms with Crippen molar-refractivity contribution in [3.05, 3.63) is 36.4 Å². The average Bonchev–Trinajstić information content (AvgIpc) is 2.94. The molecule has 3 aliphatic rings. The van der Waals surface area contributed by atoms with Crippen molar-refractivity contribution in [3.8, 4) is 0 Å². The van der Waals surface area contributed by atoms with E-state index in [1.807, 2.05) is 12.1 Å². The summed E-state index contributed by atoms with van der Waals surface area (Å²) in [5, 5.41) is 26.0. The van der Waals surface area contributed by atoms with Crippen LogP contribution >= 0.6 is 0 Å². The highest BCUT2D eigenvalue weighted by molar-refractivity contribution is 5.73. The van der Waals surface area contributed by atoms with E-state index in [0.717, 1.165) is 63.0 Å². The summed E-state index contributed by atoms with van der Waals surface area (Å²) in [5.74, 6) is 1.77. The summed E-state index contributed by atoms with van der Waals surface area (Å²) < 4.78 is 0. The molecule has 206 valence electrons. The third kappa shape index (κ3) is 8.20. The van der Waals surface area contributed by atoms with Crippen LogP contribution in [0, 0.1) is 23.7 Å². The molecule has 2 aliphatic carbocycles. The fraction of sp³-hybridized carbons (Fsp3) is 0.700. The Labute approximate surface area is 223 Å². The largest absolute Gasteiger partial charge is 0.480 e. The average molecular weight is 513 g/mol. The first-order valence-corrected chi connectivity index (χ1v) is 14.6. The first-order valence-electron chi connectivity index (χ1n) is 14.6. The molecule has 37 heavy (non-hydrogen) atoms. The van der Waals surface area contributed by atoms with Gasteiger partial charge in [-0.1, -0.05) is 38.0 Å². The zero-order chi connectivity index (χ0) is 26.0. The van der Waals surface area contributed by atoms with Crippen LogP contribution < -0.4 is 21.0 Å². The molecule has 1 aromatic carbocycles. The Morgan fingerprint density at radius 1 is 0.865 bits per heavy atom. The lowest BCUT2D eigenvalue weighted by molar-refractivity contribution is -0.141. The van der Waals surface area contributed by atoms with Gasteiger partial charge in [0.2, 0.25) is 0 Å². The van der Waals surface area contributed by atoms with E-state index < -0.39 is 5.97 Å². The fourth-order valence-electron chi connectivity index (χ4n) is 6.68. The second-order valence-electron chi connectivity index (χ2n) is 11.7. The van der Waals surface area contributed by atoms with Gasteiger partial charge in [0.25, 0.3) is 0 Å². The number of carboxylic acid groups (broad SMARTS) is 1. The number of hydrogen-bond donors (Lipinski definition) is 5. The van der Waals surface area contributed by atoms with Gasteiger partial charge in [-0.05, 0) is 112 Å². The Morgan fingerprint density at radius 3 is 2.00 bits per heavy atom.